The average Bonchev–Trinajstić information content (AvgIpc) is 2.15. The molecule has 0 saturated carbocycles. The van der Waals surface area contributed by atoms with Crippen molar-refractivity contribution >= 4 is 11.9 Å². The summed E-state index contributed by atoms with van der Waals surface area (Å²) < 4.78 is 0. The molecule has 0 atom stereocenters. The highest BCUT2D eigenvalue weighted by Gasteiger charge is 2.20. The monoisotopic (exact) mass is 143 g/mol. The highest BCUT2D eigenvalue weighted by molar-refractivity contribution is 5.81. The topological polar surface area (TPSA) is 75.4 Å². The molecule has 5 heteroatoms. The first kappa shape index (κ1) is 6.85. The Labute approximate surface area is 58.1 Å². The summed E-state index contributed by atoms with van der Waals surface area (Å²) in [7, 11) is 0. The molecular formula is C5H9N3O2. The molecule has 1 saturated heterocycles. The zero-order valence-corrected chi connectivity index (χ0v) is 5.46. The Morgan fingerprint density at radius 3 is 2.80 bits per heavy atom. The van der Waals surface area contributed by atoms with E-state index in [1.54, 1.807) is 0 Å². The van der Waals surface area contributed by atoms with E-state index in [0.717, 1.165) is 6.42 Å². The molecule has 5 nitrogen and oxygen atoms in total. The Morgan fingerprint density at radius 1 is 1.70 bits per heavy atom. The van der Waals surface area contributed by atoms with E-state index >= 15 is 0 Å². The molecule has 3 N–H and O–H groups in total. The zero-order chi connectivity index (χ0) is 7.56. The molecule has 1 aliphatic rings. The van der Waals surface area contributed by atoms with Crippen LogP contribution in [0.2, 0.25) is 0 Å². The number of rotatable bonds is 1. The van der Waals surface area contributed by atoms with Crippen molar-refractivity contribution in [1.29, 1.82) is 0 Å². The highest BCUT2D eigenvalue weighted by Crippen LogP contribution is 2.05. The molecule has 0 aromatic heterocycles. The predicted octanol–water partition coefficient (Wildman–Crippen LogP) is -0.808. The Hall–Kier alpha value is -1.26. The molecule has 0 unspecified atom stereocenters. The first-order chi connectivity index (χ1) is 4.70. The summed E-state index contributed by atoms with van der Waals surface area (Å²) >= 11 is 0. The summed E-state index contributed by atoms with van der Waals surface area (Å²) in [5, 5.41) is 1.24. The lowest BCUT2D eigenvalue weighted by molar-refractivity contribution is -0.129. The lowest BCUT2D eigenvalue weighted by atomic mass is 10.4. The molecule has 1 rings (SSSR count). The van der Waals surface area contributed by atoms with Crippen LogP contribution in [0.4, 0.5) is 4.79 Å². The Balaban J connectivity index is 2.40. The minimum absolute atomic E-state index is 0.0706. The number of primary amides is 1. The van der Waals surface area contributed by atoms with Gasteiger partial charge >= 0.3 is 6.03 Å². The minimum atomic E-state index is -0.685. The number of hydrazine groups is 1. The standard InChI is InChI=1S/C5H9N3O2/c6-5(10)7-8-3-1-2-4(8)9/h1-3H2,(H3,6,7,10). The lowest BCUT2D eigenvalue weighted by Gasteiger charge is -2.13. The van der Waals surface area contributed by atoms with Gasteiger partial charge in [-0.3, -0.25) is 9.80 Å². The van der Waals surface area contributed by atoms with Crippen LogP contribution in [0.3, 0.4) is 0 Å². The molecule has 0 aliphatic carbocycles. The number of hydrogen-bond donors (Lipinski definition) is 2. The van der Waals surface area contributed by atoms with Gasteiger partial charge in [0.25, 0.3) is 0 Å². The third-order valence-electron chi connectivity index (χ3n) is 1.32. The Bertz CT molecular complexity index is 168. The van der Waals surface area contributed by atoms with Gasteiger partial charge in [-0.05, 0) is 6.42 Å². The second-order valence-electron chi connectivity index (χ2n) is 2.12. The fourth-order valence-corrected chi connectivity index (χ4v) is 0.899. The van der Waals surface area contributed by atoms with Gasteiger partial charge in [-0.15, -0.1) is 0 Å². The summed E-state index contributed by atoms with van der Waals surface area (Å²) in [5.41, 5.74) is 7.00. The first-order valence-corrected chi connectivity index (χ1v) is 3.06. The number of amides is 3. The molecular weight excluding hydrogens is 134 g/mol. The van der Waals surface area contributed by atoms with Crippen molar-refractivity contribution in [1.82, 2.24) is 10.4 Å². The van der Waals surface area contributed by atoms with Gasteiger partial charge in [0.15, 0.2) is 0 Å². The lowest BCUT2D eigenvalue weighted by Crippen LogP contribution is -2.45. The van der Waals surface area contributed by atoms with Gasteiger partial charge in [-0.2, -0.15) is 0 Å². The van der Waals surface area contributed by atoms with Crippen LogP contribution in [0.5, 0.6) is 0 Å². The van der Waals surface area contributed by atoms with Crippen LogP contribution >= 0.6 is 0 Å². The van der Waals surface area contributed by atoms with E-state index in [4.69, 9.17) is 5.73 Å². The molecule has 56 valence electrons. The minimum Gasteiger partial charge on any atom is -0.350 e. The van der Waals surface area contributed by atoms with Crippen LogP contribution in [-0.2, 0) is 4.79 Å². The van der Waals surface area contributed by atoms with Gasteiger partial charge in [0.1, 0.15) is 0 Å². The van der Waals surface area contributed by atoms with Gasteiger partial charge in [-0.1, -0.05) is 0 Å². The maximum atomic E-state index is 10.8. The number of nitrogens with one attached hydrogen (secondary N) is 1. The summed E-state index contributed by atoms with van der Waals surface area (Å²) in [6.07, 6.45) is 1.29. The molecule has 0 radical (unpaired) electrons. The number of nitrogens with zero attached hydrogens (tertiary/aromatic N) is 1. The van der Waals surface area contributed by atoms with E-state index in [1.165, 1.54) is 5.01 Å². The molecule has 0 aromatic carbocycles. The van der Waals surface area contributed by atoms with Crippen LogP contribution in [0.1, 0.15) is 12.8 Å². The van der Waals surface area contributed by atoms with Crippen LogP contribution in [0.25, 0.3) is 0 Å². The van der Waals surface area contributed by atoms with Crippen molar-refractivity contribution < 1.29 is 9.59 Å². The average molecular weight is 143 g/mol. The van der Waals surface area contributed by atoms with Crippen molar-refractivity contribution in [3.63, 3.8) is 0 Å². The second-order valence-corrected chi connectivity index (χ2v) is 2.12. The third-order valence-corrected chi connectivity index (χ3v) is 1.32. The summed E-state index contributed by atoms with van der Waals surface area (Å²) in [5.74, 6) is -0.0706. The van der Waals surface area contributed by atoms with Crippen molar-refractivity contribution in [2.75, 3.05) is 6.54 Å². The molecule has 0 spiro atoms. The Morgan fingerprint density at radius 2 is 2.40 bits per heavy atom. The van der Waals surface area contributed by atoms with Gasteiger partial charge in [0.2, 0.25) is 5.91 Å². The molecule has 1 heterocycles. The number of carbonyl (C=O) groups is 2. The van der Waals surface area contributed by atoms with E-state index in [-0.39, 0.29) is 5.91 Å². The summed E-state index contributed by atoms with van der Waals surface area (Å²) in [6.45, 7) is 0.571. The Kier molecular flexibility index (Phi) is 1.75. The summed E-state index contributed by atoms with van der Waals surface area (Å²) in [6, 6.07) is -0.685. The molecule has 0 aromatic rings. The maximum Gasteiger partial charge on any atom is 0.331 e. The maximum absolute atomic E-state index is 10.8. The molecule has 1 aliphatic heterocycles. The van der Waals surface area contributed by atoms with E-state index in [2.05, 4.69) is 5.43 Å². The first-order valence-electron chi connectivity index (χ1n) is 3.06. The van der Waals surface area contributed by atoms with Gasteiger partial charge in [0.05, 0.1) is 0 Å². The van der Waals surface area contributed by atoms with E-state index in [9.17, 15) is 9.59 Å². The molecule has 0 bridgehead atoms. The van der Waals surface area contributed by atoms with Crippen molar-refractivity contribution in [3.8, 4) is 0 Å². The van der Waals surface area contributed by atoms with Crippen molar-refractivity contribution in [2.45, 2.75) is 12.8 Å². The number of urea groups is 1. The van der Waals surface area contributed by atoms with Crippen LogP contribution in [0.15, 0.2) is 0 Å². The number of hydrogen-bond acceptors (Lipinski definition) is 2. The fourth-order valence-electron chi connectivity index (χ4n) is 0.899. The third kappa shape index (κ3) is 1.37. The van der Waals surface area contributed by atoms with Crippen LogP contribution in [0, 0.1) is 0 Å². The smallest absolute Gasteiger partial charge is 0.331 e. The number of carbonyl (C=O) groups excluding carboxylic acids is 2. The predicted molar refractivity (Wildman–Crippen MR) is 33.7 cm³/mol. The van der Waals surface area contributed by atoms with E-state index < -0.39 is 6.03 Å². The largest absolute Gasteiger partial charge is 0.350 e. The number of nitrogens with two attached hydrogens (primary N) is 1. The quantitative estimate of drug-likeness (QED) is 0.503. The van der Waals surface area contributed by atoms with Crippen LogP contribution < -0.4 is 11.2 Å². The van der Waals surface area contributed by atoms with E-state index in [0.29, 0.717) is 13.0 Å². The van der Waals surface area contributed by atoms with Gasteiger partial charge in [0, 0.05) is 13.0 Å². The van der Waals surface area contributed by atoms with Crippen LogP contribution in [-0.4, -0.2) is 23.5 Å². The highest BCUT2D eigenvalue weighted by atomic mass is 16.2. The molecule has 10 heavy (non-hydrogen) atoms. The molecule has 1 fully saturated rings. The zero-order valence-electron chi connectivity index (χ0n) is 5.46. The van der Waals surface area contributed by atoms with E-state index in [1.807, 2.05) is 0 Å². The fraction of sp³-hybridized carbons (Fsp3) is 0.600. The molecule has 3 amide bonds. The summed E-state index contributed by atoms with van der Waals surface area (Å²) in [4.78, 5) is 21.0. The van der Waals surface area contributed by atoms with Crippen molar-refractivity contribution in [2.24, 2.45) is 5.73 Å². The normalized spacial score (nSPS) is 17.6. The SMILES string of the molecule is NC(=O)NN1CCCC1=O. The van der Waals surface area contributed by atoms with Gasteiger partial charge < -0.3 is 5.73 Å². The van der Waals surface area contributed by atoms with Crippen molar-refractivity contribution in [3.05, 3.63) is 0 Å². The second kappa shape index (κ2) is 2.55. The van der Waals surface area contributed by atoms with Gasteiger partial charge in [-0.25, -0.2) is 10.2 Å².